The zero-order valence-corrected chi connectivity index (χ0v) is 9.19. The molecule has 0 amide bonds. The molecule has 18 heavy (non-hydrogen) atoms. The van der Waals surface area contributed by atoms with E-state index in [1.54, 1.807) is 0 Å². The van der Waals surface area contributed by atoms with Crippen LogP contribution >= 0.6 is 0 Å². The normalized spacial score (nSPS) is 11.6. The number of hydrogen-bond acceptors (Lipinski definition) is 3. The lowest BCUT2D eigenvalue weighted by Crippen LogP contribution is -2.17. The molecule has 0 aliphatic heterocycles. The second-order valence-electron chi connectivity index (χ2n) is 3.12. The average Bonchev–Trinajstić information content (AvgIpc) is 2.24. The van der Waals surface area contributed by atoms with Crippen LogP contribution in [0.1, 0.15) is 5.56 Å². The summed E-state index contributed by atoms with van der Waals surface area (Å²) < 4.78 is 44.6. The van der Waals surface area contributed by atoms with Crippen LogP contribution in [0.3, 0.4) is 0 Å². The van der Waals surface area contributed by atoms with E-state index in [0.717, 1.165) is 24.3 Å². The maximum absolute atomic E-state index is 12.0. The third-order valence-electron chi connectivity index (χ3n) is 1.84. The number of carboxylic acid groups (broad SMARTS) is 1. The van der Waals surface area contributed by atoms with E-state index >= 15 is 0 Å². The summed E-state index contributed by atoms with van der Waals surface area (Å²) in [6.07, 6.45) is -2.90. The molecule has 0 aromatic heterocycles. The summed E-state index contributed by atoms with van der Waals surface area (Å²) in [5.74, 6) is -1.44. The van der Waals surface area contributed by atoms with Crippen molar-refractivity contribution in [3.05, 3.63) is 29.8 Å². The number of rotatable bonds is 4. The highest BCUT2D eigenvalue weighted by Crippen LogP contribution is 2.29. The summed E-state index contributed by atoms with van der Waals surface area (Å²) in [5.41, 5.74) is 0.168. The summed E-state index contributed by atoms with van der Waals surface area (Å²) in [5, 5.41) is 8.46. The maximum Gasteiger partial charge on any atom is 0.573 e. The molecule has 1 N–H and O–H groups in total. The second-order valence-corrected chi connectivity index (χ2v) is 3.12. The molecular weight excluding hydrogens is 253 g/mol. The largest absolute Gasteiger partial charge is 0.573 e. The summed E-state index contributed by atoms with van der Waals surface area (Å²) in [7, 11) is 1.32. The van der Waals surface area contributed by atoms with Crippen molar-refractivity contribution in [2.75, 3.05) is 7.11 Å². The van der Waals surface area contributed by atoms with Crippen LogP contribution in [0.4, 0.5) is 13.2 Å². The smallest absolute Gasteiger partial charge is 0.496 e. The van der Waals surface area contributed by atoms with Gasteiger partial charge in [-0.05, 0) is 24.3 Å². The Morgan fingerprint density at radius 3 is 2.56 bits per heavy atom. The first-order chi connectivity index (χ1) is 8.31. The van der Waals surface area contributed by atoms with Gasteiger partial charge in [0.05, 0.1) is 7.11 Å². The molecule has 0 unspecified atom stereocenters. The van der Waals surface area contributed by atoms with Crippen LogP contribution in [0.15, 0.2) is 24.3 Å². The van der Waals surface area contributed by atoms with E-state index < -0.39 is 18.1 Å². The highest BCUT2D eigenvalue weighted by Gasteiger charge is 2.31. The van der Waals surface area contributed by atoms with Gasteiger partial charge in [0.2, 0.25) is 0 Å². The van der Waals surface area contributed by atoms with Gasteiger partial charge in [-0.3, -0.25) is 0 Å². The minimum atomic E-state index is -4.80. The van der Waals surface area contributed by atoms with Crippen molar-refractivity contribution in [3.63, 3.8) is 0 Å². The maximum atomic E-state index is 12.0. The Hall–Kier alpha value is -2.18. The van der Waals surface area contributed by atoms with Crippen molar-refractivity contribution >= 4 is 12.0 Å². The molecular formula is C11H9F3O4. The Morgan fingerprint density at radius 2 is 2.06 bits per heavy atom. The first-order valence-corrected chi connectivity index (χ1v) is 4.66. The third-order valence-corrected chi connectivity index (χ3v) is 1.84. The average molecular weight is 262 g/mol. The van der Waals surface area contributed by atoms with Crippen LogP contribution in [0.25, 0.3) is 6.08 Å². The van der Waals surface area contributed by atoms with E-state index in [1.807, 2.05) is 0 Å². The van der Waals surface area contributed by atoms with Crippen molar-refractivity contribution in [3.8, 4) is 11.5 Å². The number of carbonyl (C=O) groups is 1. The Morgan fingerprint density at radius 1 is 1.39 bits per heavy atom. The van der Waals surface area contributed by atoms with Gasteiger partial charge in [0.1, 0.15) is 11.5 Å². The fourth-order valence-corrected chi connectivity index (χ4v) is 1.20. The number of hydrogen-bond donors (Lipinski definition) is 1. The summed E-state index contributed by atoms with van der Waals surface area (Å²) in [4.78, 5) is 10.3. The standard InChI is InChI=1S/C11H9F3O4/c1-17-9-4-3-8(18-11(12,13)14)6-7(9)2-5-10(15)16/h2-6H,1H3,(H,15,16)/b5-2+. The van der Waals surface area contributed by atoms with Gasteiger partial charge >= 0.3 is 12.3 Å². The van der Waals surface area contributed by atoms with Gasteiger partial charge in [0.15, 0.2) is 0 Å². The van der Waals surface area contributed by atoms with Crippen LogP contribution in [0, 0.1) is 0 Å². The third kappa shape index (κ3) is 4.36. The van der Waals surface area contributed by atoms with Gasteiger partial charge < -0.3 is 14.6 Å². The van der Waals surface area contributed by atoms with Gasteiger partial charge in [0.25, 0.3) is 0 Å². The quantitative estimate of drug-likeness (QED) is 0.847. The molecule has 0 aliphatic rings. The van der Waals surface area contributed by atoms with Crippen molar-refractivity contribution in [1.29, 1.82) is 0 Å². The lowest BCUT2D eigenvalue weighted by Gasteiger charge is -2.11. The molecule has 1 rings (SSSR count). The van der Waals surface area contributed by atoms with Crippen molar-refractivity contribution < 1.29 is 32.5 Å². The van der Waals surface area contributed by atoms with E-state index in [4.69, 9.17) is 9.84 Å². The first-order valence-electron chi connectivity index (χ1n) is 4.66. The number of carboxylic acids is 1. The lowest BCUT2D eigenvalue weighted by atomic mass is 10.1. The van der Waals surface area contributed by atoms with E-state index in [1.165, 1.54) is 13.2 Å². The van der Waals surface area contributed by atoms with E-state index in [-0.39, 0.29) is 11.3 Å². The molecule has 0 fully saturated rings. The first kappa shape index (κ1) is 13.9. The second kappa shape index (κ2) is 5.44. The van der Waals surface area contributed by atoms with Gasteiger partial charge in [-0.25, -0.2) is 4.79 Å². The molecule has 98 valence electrons. The van der Waals surface area contributed by atoms with Gasteiger partial charge in [-0.1, -0.05) is 0 Å². The molecule has 0 saturated heterocycles. The minimum absolute atomic E-state index is 0.168. The molecule has 0 radical (unpaired) electrons. The van der Waals surface area contributed by atoms with Gasteiger partial charge in [0, 0.05) is 11.6 Å². The van der Waals surface area contributed by atoms with E-state index in [0.29, 0.717) is 0 Å². The number of ether oxygens (including phenoxy) is 2. The molecule has 0 atom stereocenters. The molecule has 4 nitrogen and oxygen atoms in total. The lowest BCUT2D eigenvalue weighted by molar-refractivity contribution is -0.274. The number of alkyl halides is 3. The van der Waals surface area contributed by atoms with Crippen LogP contribution in [-0.2, 0) is 4.79 Å². The van der Waals surface area contributed by atoms with Crippen LogP contribution in [0.5, 0.6) is 11.5 Å². The van der Waals surface area contributed by atoms with Crippen molar-refractivity contribution in [2.24, 2.45) is 0 Å². The van der Waals surface area contributed by atoms with Crippen LogP contribution < -0.4 is 9.47 Å². The molecule has 0 bridgehead atoms. The topological polar surface area (TPSA) is 55.8 Å². The van der Waals surface area contributed by atoms with E-state index in [2.05, 4.69) is 4.74 Å². The van der Waals surface area contributed by atoms with Gasteiger partial charge in [-0.2, -0.15) is 0 Å². The zero-order chi connectivity index (χ0) is 13.8. The molecule has 0 saturated carbocycles. The Balaban J connectivity index is 3.05. The molecule has 0 spiro atoms. The van der Waals surface area contributed by atoms with Gasteiger partial charge in [-0.15, -0.1) is 13.2 Å². The molecule has 0 heterocycles. The Labute approximate surface area is 100 Å². The van der Waals surface area contributed by atoms with Crippen molar-refractivity contribution in [2.45, 2.75) is 6.36 Å². The van der Waals surface area contributed by atoms with E-state index in [9.17, 15) is 18.0 Å². The highest BCUT2D eigenvalue weighted by atomic mass is 19.4. The fourth-order valence-electron chi connectivity index (χ4n) is 1.20. The number of methoxy groups -OCH3 is 1. The molecule has 0 aliphatic carbocycles. The molecule has 1 aromatic rings. The predicted molar refractivity (Wildman–Crippen MR) is 56.3 cm³/mol. The minimum Gasteiger partial charge on any atom is -0.496 e. The molecule has 1 aromatic carbocycles. The van der Waals surface area contributed by atoms with Crippen molar-refractivity contribution in [1.82, 2.24) is 0 Å². The molecule has 7 heteroatoms. The predicted octanol–water partition coefficient (Wildman–Crippen LogP) is 2.69. The number of aliphatic carboxylic acids is 1. The SMILES string of the molecule is COc1ccc(OC(F)(F)F)cc1/C=C/C(=O)O. The van der Waals surface area contributed by atoms with Crippen LogP contribution in [-0.4, -0.2) is 24.5 Å². The highest BCUT2D eigenvalue weighted by molar-refractivity contribution is 5.86. The number of benzene rings is 1. The Kier molecular flexibility index (Phi) is 4.19. The zero-order valence-electron chi connectivity index (χ0n) is 9.19. The number of halogens is 3. The fraction of sp³-hybridized carbons (Fsp3) is 0.182. The summed E-state index contributed by atoms with van der Waals surface area (Å²) in [6.45, 7) is 0. The monoisotopic (exact) mass is 262 g/mol. The summed E-state index contributed by atoms with van der Waals surface area (Å²) >= 11 is 0. The Bertz CT molecular complexity index is 466. The summed E-state index contributed by atoms with van der Waals surface area (Å²) in [6, 6.07) is 3.36. The van der Waals surface area contributed by atoms with Crippen LogP contribution in [0.2, 0.25) is 0 Å².